The van der Waals surface area contributed by atoms with Gasteiger partial charge in [-0.25, -0.2) is 5.01 Å². The topological polar surface area (TPSA) is 79.2 Å². The van der Waals surface area contributed by atoms with Crippen molar-refractivity contribution in [2.75, 3.05) is 7.11 Å². The molecule has 0 aliphatic carbocycles. The maximum absolute atomic E-state index is 12.7. The molecule has 0 radical (unpaired) electrons. The number of carbonyl (C=O) groups excluding carboxylic acids is 1. The number of hydrazone groups is 1. The molecule has 7 heteroatoms. The third-order valence-electron chi connectivity index (χ3n) is 4.40. The van der Waals surface area contributed by atoms with Crippen molar-refractivity contribution in [2.24, 2.45) is 5.10 Å². The third kappa shape index (κ3) is 4.11. The van der Waals surface area contributed by atoms with Crippen LogP contribution in [0.1, 0.15) is 36.4 Å². The van der Waals surface area contributed by atoms with Crippen molar-refractivity contribution in [3.8, 4) is 5.75 Å². The van der Waals surface area contributed by atoms with Crippen molar-refractivity contribution in [2.45, 2.75) is 25.3 Å². The van der Waals surface area contributed by atoms with Gasteiger partial charge in [0.15, 0.2) is 0 Å². The fourth-order valence-corrected chi connectivity index (χ4v) is 3.36. The van der Waals surface area contributed by atoms with E-state index in [-0.39, 0.29) is 24.8 Å². The van der Waals surface area contributed by atoms with Crippen LogP contribution in [0.25, 0.3) is 0 Å². The second kappa shape index (κ2) is 8.22. The molecule has 1 atom stereocenters. The van der Waals surface area contributed by atoms with Gasteiger partial charge in [-0.1, -0.05) is 41.9 Å². The van der Waals surface area contributed by atoms with E-state index in [1.165, 1.54) is 5.01 Å². The number of benzene rings is 2. The van der Waals surface area contributed by atoms with E-state index in [1.807, 2.05) is 42.5 Å². The van der Waals surface area contributed by atoms with E-state index >= 15 is 0 Å². The Balaban J connectivity index is 1.97. The lowest BCUT2D eigenvalue weighted by atomic mass is 9.97. The molecule has 2 aromatic rings. The van der Waals surface area contributed by atoms with Gasteiger partial charge in [0.2, 0.25) is 5.91 Å². The van der Waals surface area contributed by atoms with E-state index in [9.17, 15) is 9.59 Å². The third-order valence-corrected chi connectivity index (χ3v) is 4.74. The number of carboxylic acids is 1. The molecule has 0 unspecified atom stereocenters. The van der Waals surface area contributed by atoms with Gasteiger partial charge in [0.1, 0.15) is 5.75 Å². The zero-order valence-corrected chi connectivity index (χ0v) is 15.5. The number of carbonyl (C=O) groups is 2. The van der Waals surface area contributed by atoms with E-state index in [0.29, 0.717) is 22.9 Å². The molecule has 2 aromatic carbocycles. The van der Waals surface area contributed by atoms with Crippen LogP contribution >= 0.6 is 11.6 Å². The lowest BCUT2D eigenvalue weighted by Crippen LogP contribution is -2.27. The molecular weight excluding hydrogens is 368 g/mol. The summed E-state index contributed by atoms with van der Waals surface area (Å²) in [5.41, 5.74) is 2.27. The largest absolute Gasteiger partial charge is 0.496 e. The number of hydrogen-bond donors (Lipinski definition) is 1. The SMILES string of the molecule is COc1ccccc1C1=NN(C(=O)CCC(=O)O)[C@H](c2ccccc2Cl)C1. The predicted molar refractivity (Wildman–Crippen MR) is 102 cm³/mol. The van der Waals surface area contributed by atoms with Crippen molar-refractivity contribution < 1.29 is 19.4 Å². The van der Waals surface area contributed by atoms with Crippen molar-refractivity contribution in [1.29, 1.82) is 0 Å². The second-order valence-electron chi connectivity index (χ2n) is 6.12. The number of methoxy groups -OCH3 is 1. The summed E-state index contributed by atoms with van der Waals surface area (Å²) in [4.78, 5) is 23.5. The molecule has 0 fully saturated rings. The van der Waals surface area contributed by atoms with Crippen LogP contribution < -0.4 is 4.74 Å². The fraction of sp³-hybridized carbons (Fsp3) is 0.250. The highest BCUT2D eigenvalue weighted by Gasteiger charge is 2.34. The molecule has 3 rings (SSSR count). The molecule has 1 N–H and O–H groups in total. The number of halogens is 1. The highest BCUT2D eigenvalue weighted by Crippen LogP contribution is 2.38. The molecule has 1 aliphatic heterocycles. The lowest BCUT2D eigenvalue weighted by Gasteiger charge is -2.22. The number of aliphatic carboxylic acids is 1. The zero-order chi connectivity index (χ0) is 19.4. The number of ether oxygens (including phenoxy) is 1. The second-order valence-corrected chi connectivity index (χ2v) is 6.53. The van der Waals surface area contributed by atoms with E-state index in [0.717, 1.165) is 11.1 Å². The Kier molecular flexibility index (Phi) is 5.76. The van der Waals surface area contributed by atoms with Gasteiger partial charge in [-0.05, 0) is 23.8 Å². The fourth-order valence-electron chi connectivity index (χ4n) is 3.10. The van der Waals surface area contributed by atoms with Gasteiger partial charge in [0.25, 0.3) is 0 Å². The first-order chi connectivity index (χ1) is 13.0. The molecule has 27 heavy (non-hydrogen) atoms. The van der Waals surface area contributed by atoms with Crippen LogP contribution in [-0.2, 0) is 9.59 Å². The Morgan fingerprint density at radius 2 is 1.89 bits per heavy atom. The summed E-state index contributed by atoms with van der Waals surface area (Å²) in [6.45, 7) is 0. The summed E-state index contributed by atoms with van der Waals surface area (Å²) in [5, 5.41) is 15.3. The molecule has 0 aromatic heterocycles. The van der Waals surface area contributed by atoms with E-state index in [2.05, 4.69) is 5.10 Å². The van der Waals surface area contributed by atoms with E-state index < -0.39 is 5.97 Å². The van der Waals surface area contributed by atoms with Crippen molar-refractivity contribution >= 4 is 29.2 Å². The first kappa shape index (κ1) is 18.9. The van der Waals surface area contributed by atoms with Crippen LogP contribution in [0, 0.1) is 0 Å². The Hall–Kier alpha value is -2.86. The summed E-state index contributed by atoms with van der Waals surface area (Å²) >= 11 is 6.35. The monoisotopic (exact) mass is 386 g/mol. The average Bonchev–Trinajstić information content (AvgIpc) is 3.11. The molecule has 6 nitrogen and oxygen atoms in total. The van der Waals surface area contributed by atoms with Crippen LogP contribution in [0.2, 0.25) is 5.02 Å². The predicted octanol–water partition coefficient (Wildman–Crippen LogP) is 3.89. The summed E-state index contributed by atoms with van der Waals surface area (Å²) in [6, 6.07) is 14.3. The van der Waals surface area contributed by atoms with Crippen molar-refractivity contribution in [3.05, 3.63) is 64.7 Å². The molecular formula is C20H19ClN2O4. The summed E-state index contributed by atoms with van der Waals surface area (Å²) in [5.74, 6) is -0.716. The molecule has 0 spiro atoms. The number of para-hydroxylation sites is 1. The van der Waals surface area contributed by atoms with Gasteiger partial charge in [-0.3, -0.25) is 9.59 Å². The number of hydrogen-bond acceptors (Lipinski definition) is 4. The van der Waals surface area contributed by atoms with Crippen LogP contribution in [0.3, 0.4) is 0 Å². The maximum Gasteiger partial charge on any atom is 0.303 e. The van der Waals surface area contributed by atoms with Crippen molar-refractivity contribution in [1.82, 2.24) is 5.01 Å². The van der Waals surface area contributed by atoms with Crippen LogP contribution in [0.15, 0.2) is 53.6 Å². The van der Waals surface area contributed by atoms with Crippen LogP contribution in [0.4, 0.5) is 0 Å². The summed E-state index contributed by atoms with van der Waals surface area (Å²) < 4.78 is 5.41. The van der Waals surface area contributed by atoms with Gasteiger partial charge in [-0.2, -0.15) is 5.10 Å². The first-order valence-electron chi connectivity index (χ1n) is 8.50. The Labute approximate surface area is 162 Å². The quantitative estimate of drug-likeness (QED) is 0.816. The summed E-state index contributed by atoms with van der Waals surface area (Å²) in [6.07, 6.45) is 0.0893. The standard InChI is InChI=1S/C20H19ClN2O4/c1-27-18-9-5-3-7-14(18)16-12-17(13-6-2-4-8-15(13)21)23(22-16)19(24)10-11-20(25)26/h2-9,17H,10-12H2,1H3,(H,25,26)/t17-/m0/s1. The Morgan fingerprint density at radius 3 is 2.59 bits per heavy atom. The number of nitrogens with zero attached hydrogens (tertiary/aromatic N) is 2. The maximum atomic E-state index is 12.7. The lowest BCUT2D eigenvalue weighted by molar-refractivity contribution is -0.141. The smallest absolute Gasteiger partial charge is 0.303 e. The highest BCUT2D eigenvalue weighted by molar-refractivity contribution is 6.31. The van der Waals surface area contributed by atoms with Crippen LogP contribution in [0.5, 0.6) is 5.75 Å². The minimum absolute atomic E-state index is 0.126. The van der Waals surface area contributed by atoms with Gasteiger partial charge < -0.3 is 9.84 Å². The van der Waals surface area contributed by atoms with Gasteiger partial charge >= 0.3 is 5.97 Å². The highest BCUT2D eigenvalue weighted by atomic mass is 35.5. The molecule has 1 amide bonds. The molecule has 0 saturated carbocycles. The first-order valence-corrected chi connectivity index (χ1v) is 8.88. The molecule has 1 aliphatic rings. The van der Waals surface area contributed by atoms with Crippen molar-refractivity contribution in [3.63, 3.8) is 0 Å². The number of amides is 1. The average molecular weight is 387 g/mol. The van der Waals surface area contributed by atoms with E-state index in [1.54, 1.807) is 13.2 Å². The molecule has 1 heterocycles. The number of carboxylic acid groups (broad SMARTS) is 1. The normalized spacial score (nSPS) is 16.1. The van der Waals surface area contributed by atoms with Gasteiger partial charge in [0.05, 0.1) is 25.3 Å². The number of rotatable bonds is 6. The van der Waals surface area contributed by atoms with Gasteiger partial charge in [0, 0.05) is 23.4 Å². The Bertz CT molecular complexity index is 897. The molecule has 0 bridgehead atoms. The summed E-state index contributed by atoms with van der Waals surface area (Å²) in [7, 11) is 1.58. The van der Waals surface area contributed by atoms with E-state index in [4.69, 9.17) is 21.4 Å². The minimum atomic E-state index is -1.02. The van der Waals surface area contributed by atoms with Crippen LogP contribution in [-0.4, -0.2) is 34.8 Å². The molecule has 0 saturated heterocycles. The molecule has 140 valence electrons. The Morgan fingerprint density at radius 1 is 1.19 bits per heavy atom. The zero-order valence-electron chi connectivity index (χ0n) is 14.8. The minimum Gasteiger partial charge on any atom is -0.496 e. The van der Waals surface area contributed by atoms with Gasteiger partial charge in [-0.15, -0.1) is 0 Å².